The summed E-state index contributed by atoms with van der Waals surface area (Å²) in [6.45, 7) is 16.9. The normalized spacial score (nSPS) is 12.3. The molecule has 0 saturated heterocycles. The van der Waals surface area contributed by atoms with E-state index in [1.54, 1.807) is 0 Å². The molecule has 0 aromatic rings. The van der Waals surface area contributed by atoms with Gasteiger partial charge >= 0.3 is 12.1 Å². The van der Waals surface area contributed by atoms with Crippen molar-refractivity contribution in [2.45, 2.75) is 176 Å². The van der Waals surface area contributed by atoms with Gasteiger partial charge in [0.05, 0.1) is 13.2 Å². The van der Waals surface area contributed by atoms with Crippen LogP contribution >= 0.6 is 0 Å². The van der Waals surface area contributed by atoms with Crippen LogP contribution < -0.4 is 0 Å². The third kappa shape index (κ3) is 29.3. The lowest BCUT2D eigenvalue weighted by molar-refractivity contribution is -0.145. The van der Waals surface area contributed by atoms with Crippen LogP contribution in [0.15, 0.2) is 0 Å². The number of esters is 1. The number of likely N-dealkylation sites (N-methyl/N-ethyl adjacent to an activating group) is 1. The van der Waals surface area contributed by atoms with Gasteiger partial charge in [-0.3, -0.25) is 9.69 Å². The van der Waals surface area contributed by atoms with E-state index in [1.807, 2.05) is 0 Å². The van der Waals surface area contributed by atoms with Gasteiger partial charge in [0.1, 0.15) is 12.7 Å². The monoisotopic (exact) mass is 671 g/mol. The predicted molar refractivity (Wildman–Crippen MR) is 196 cm³/mol. The molecule has 0 amide bonds. The van der Waals surface area contributed by atoms with Gasteiger partial charge in [0.2, 0.25) is 0 Å². The van der Waals surface area contributed by atoms with Gasteiger partial charge in [-0.25, -0.2) is 4.79 Å². The summed E-state index contributed by atoms with van der Waals surface area (Å²) in [7, 11) is 0. The van der Waals surface area contributed by atoms with E-state index in [0.717, 1.165) is 90.4 Å². The van der Waals surface area contributed by atoms with Crippen LogP contribution in [0.5, 0.6) is 0 Å². The summed E-state index contributed by atoms with van der Waals surface area (Å²) < 4.78 is 16.9. The molecule has 0 fully saturated rings. The highest BCUT2D eigenvalue weighted by Gasteiger charge is 2.17. The summed E-state index contributed by atoms with van der Waals surface area (Å²) in [4.78, 5) is 29.4. The molecule has 0 aliphatic rings. The number of aliphatic hydroxyl groups excluding tert-OH is 1. The van der Waals surface area contributed by atoms with E-state index in [1.165, 1.54) is 64.2 Å². The van der Waals surface area contributed by atoms with Gasteiger partial charge in [-0.1, -0.05) is 118 Å². The Morgan fingerprint density at radius 3 is 1.66 bits per heavy atom. The van der Waals surface area contributed by atoms with Crippen molar-refractivity contribution < 1.29 is 28.9 Å². The average molecular weight is 671 g/mol. The van der Waals surface area contributed by atoms with Crippen molar-refractivity contribution in [3.8, 4) is 0 Å². The summed E-state index contributed by atoms with van der Waals surface area (Å²) in [5.41, 5.74) is 0. The summed E-state index contributed by atoms with van der Waals surface area (Å²) in [5.74, 6) is 0.491. The van der Waals surface area contributed by atoms with Crippen LogP contribution in [-0.4, -0.2) is 92.2 Å². The number of unbranched alkanes of at least 4 members (excludes halogenated alkanes) is 12. The van der Waals surface area contributed by atoms with E-state index in [0.29, 0.717) is 32.0 Å². The highest BCUT2D eigenvalue weighted by molar-refractivity contribution is 5.69. The summed E-state index contributed by atoms with van der Waals surface area (Å²) >= 11 is 0. The lowest BCUT2D eigenvalue weighted by Gasteiger charge is -2.25. The molecule has 1 N–H and O–H groups in total. The Kier molecular flexibility index (Phi) is 33.5. The molecule has 0 bridgehead atoms. The lowest BCUT2D eigenvalue weighted by Crippen LogP contribution is -2.38. The zero-order valence-electron chi connectivity index (χ0n) is 31.8. The summed E-state index contributed by atoms with van der Waals surface area (Å²) in [6.07, 6.45) is 22.4. The molecular weight excluding hydrogens is 592 g/mol. The van der Waals surface area contributed by atoms with Gasteiger partial charge in [0.15, 0.2) is 0 Å². The van der Waals surface area contributed by atoms with Crippen LogP contribution in [-0.2, 0) is 19.0 Å². The fraction of sp³-hybridized carbons (Fsp3) is 0.949. The maximum Gasteiger partial charge on any atom is 0.508 e. The number of carbonyl (C=O) groups excluding carboxylic acids is 2. The second-order valence-corrected chi connectivity index (χ2v) is 13.5. The van der Waals surface area contributed by atoms with Crippen molar-refractivity contribution in [3.05, 3.63) is 0 Å². The molecule has 280 valence electrons. The second-order valence-electron chi connectivity index (χ2n) is 13.5. The molecule has 47 heavy (non-hydrogen) atoms. The molecular formula is C39H78N2O6. The van der Waals surface area contributed by atoms with E-state index in [4.69, 9.17) is 14.2 Å². The van der Waals surface area contributed by atoms with Crippen LogP contribution in [0.4, 0.5) is 4.79 Å². The summed E-state index contributed by atoms with van der Waals surface area (Å²) in [5, 5.41) is 9.44. The highest BCUT2D eigenvalue weighted by atomic mass is 16.7. The molecule has 0 heterocycles. The fourth-order valence-corrected chi connectivity index (χ4v) is 6.10. The number of carbonyl (C=O) groups is 2. The van der Waals surface area contributed by atoms with Gasteiger partial charge in [-0.2, -0.15) is 0 Å². The number of hydrogen-bond donors (Lipinski definition) is 1. The maximum absolute atomic E-state index is 12.5. The van der Waals surface area contributed by atoms with Crippen molar-refractivity contribution in [2.24, 2.45) is 5.92 Å². The Morgan fingerprint density at radius 1 is 0.574 bits per heavy atom. The van der Waals surface area contributed by atoms with Crippen LogP contribution in [0.2, 0.25) is 0 Å². The van der Waals surface area contributed by atoms with E-state index >= 15 is 0 Å². The van der Waals surface area contributed by atoms with Gasteiger partial charge in [-0.05, 0) is 64.0 Å². The largest absolute Gasteiger partial charge is 0.508 e. The molecule has 0 aromatic heterocycles. The first-order valence-corrected chi connectivity index (χ1v) is 20.0. The predicted octanol–water partition coefficient (Wildman–Crippen LogP) is 9.56. The maximum atomic E-state index is 12.5. The Morgan fingerprint density at radius 2 is 1.09 bits per heavy atom. The summed E-state index contributed by atoms with van der Waals surface area (Å²) in [6, 6.07) is 0. The zero-order chi connectivity index (χ0) is 34.8. The standard InChI is InChI=1S/C39H78N2O6/c1-6-11-14-21-26-37(47-39(44)45-34-32-41(31-33-42)30-29-40(9-4)10-5)27-22-17-15-16-18-23-28-38(43)46-35-36(24-19-12-7-2)25-20-13-8-3/h36-37,42H,6-35H2,1-5H3. The molecule has 0 aromatic carbocycles. The van der Waals surface area contributed by atoms with E-state index in [-0.39, 0.29) is 25.3 Å². The third-order valence-electron chi connectivity index (χ3n) is 9.38. The molecule has 0 spiro atoms. The molecule has 0 saturated carbocycles. The fourth-order valence-electron chi connectivity index (χ4n) is 6.10. The van der Waals surface area contributed by atoms with Crippen LogP contribution in [0.25, 0.3) is 0 Å². The molecule has 0 rings (SSSR count). The lowest BCUT2D eigenvalue weighted by atomic mass is 9.96. The van der Waals surface area contributed by atoms with Crippen molar-refractivity contribution in [1.82, 2.24) is 9.80 Å². The molecule has 8 heteroatoms. The molecule has 8 nitrogen and oxygen atoms in total. The quantitative estimate of drug-likeness (QED) is 0.0527. The second kappa shape index (κ2) is 34.5. The topological polar surface area (TPSA) is 88.5 Å². The smallest absolute Gasteiger partial charge is 0.465 e. The third-order valence-corrected chi connectivity index (χ3v) is 9.38. The number of aliphatic hydroxyl groups is 1. The molecule has 0 radical (unpaired) electrons. The van der Waals surface area contributed by atoms with Crippen molar-refractivity contribution in [2.75, 3.05) is 59.1 Å². The molecule has 1 unspecified atom stereocenters. The Hall–Kier alpha value is -1.38. The Balaban J connectivity index is 4.32. The number of nitrogens with zero attached hydrogens (tertiary/aromatic N) is 2. The first kappa shape index (κ1) is 45.6. The average Bonchev–Trinajstić information content (AvgIpc) is 3.06. The number of hydrogen-bond acceptors (Lipinski definition) is 8. The minimum atomic E-state index is -0.571. The number of ether oxygens (including phenoxy) is 3. The van der Waals surface area contributed by atoms with Crippen LogP contribution in [0, 0.1) is 5.92 Å². The van der Waals surface area contributed by atoms with Crippen molar-refractivity contribution >= 4 is 12.1 Å². The Labute approximate surface area is 291 Å². The van der Waals surface area contributed by atoms with Gasteiger partial charge < -0.3 is 24.2 Å². The minimum Gasteiger partial charge on any atom is -0.465 e. The van der Waals surface area contributed by atoms with Gasteiger partial charge in [0, 0.05) is 32.6 Å². The van der Waals surface area contributed by atoms with E-state index in [2.05, 4.69) is 44.4 Å². The highest BCUT2D eigenvalue weighted by Crippen LogP contribution is 2.20. The van der Waals surface area contributed by atoms with E-state index in [9.17, 15) is 14.7 Å². The first-order chi connectivity index (χ1) is 22.9. The van der Waals surface area contributed by atoms with Crippen LogP contribution in [0.3, 0.4) is 0 Å². The molecule has 0 aliphatic heterocycles. The van der Waals surface area contributed by atoms with Crippen LogP contribution in [0.1, 0.15) is 169 Å². The van der Waals surface area contributed by atoms with Crippen molar-refractivity contribution in [3.63, 3.8) is 0 Å². The van der Waals surface area contributed by atoms with Gasteiger partial charge in [0.25, 0.3) is 0 Å². The van der Waals surface area contributed by atoms with Gasteiger partial charge in [-0.15, -0.1) is 0 Å². The van der Waals surface area contributed by atoms with E-state index < -0.39 is 6.16 Å². The minimum absolute atomic E-state index is 0.0309. The molecule has 1 atom stereocenters. The van der Waals surface area contributed by atoms with Crippen molar-refractivity contribution in [1.29, 1.82) is 0 Å². The first-order valence-electron chi connectivity index (χ1n) is 20.0. The zero-order valence-corrected chi connectivity index (χ0v) is 31.8. The Bertz CT molecular complexity index is 680. The molecule has 0 aliphatic carbocycles. The number of rotatable bonds is 35. The SMILES string of the molecule is CCCCCCC(CCCCCCCCC(=O)OCC(CCCCC)CCCCC)OC(=O)OCCN(CCO)CCN(CC)CC.